The first-order chi connectivity index (χ1) is 16.2. The Morgan fingerprint density at radius 2 is 2.00 bits per heavy atom. The number of aryl methyl sites for hydroxylation is 1. The van der Waals surface area contributed by atoms with Crippen molar-refractivity contribution in [3.05, 3.63) is 64.1 Å². The molecular formula is C23H19F2N7O2. The fraction of sp³-hybridized carbons (Fsp3) is 0.174. The lowest BCUT2D eigenvalue weighted by Crippen LogP contribution is -2.18. The van der Waals surface area contributed by atoms with Crippen molar-refractivity contribution in [3.63, 3.8) is 0 Å². The third kappa shape index (κ3) is 3.55. The molecule has 0 saturated carbocycles. The summed E-state index contributed by atoms with van der Waals surface area (Å²) in [5.74, 6) is -2.46. The van der Waals surface area contributed by atoms with Crippen LogP contribution in [0.3, 0.4) is 0 Å². The van der Waals surface area contributed by atoms with Crippen LogP contribution in [0.2, 0.25) is 0 Å². The van der Waals surface area contributed by atoms with Crippen molar-refractivity contribution in [1.82, 2.24) is 14.8 Å². The van der Waals surface area contributed by atoms with E-state index >= 15 is 4.39 Å². The Balaban J connectivity index is 2.17. The van der Waals surface area contributed by atoms with Crippen molar-refractivity contribution in [2.45, 2.75) is 13.0 Å². The van der Waals surface area contributed by atoms with Gasteiger partial charge in [-0.1, -0.05) is 0 Å². The van der Waals surface area contributed by atoms with Crippen LogP contribution in [0.5, 0.6) is 5.75 Å². The third-order valence-electron chi connectivity index (χ3n) is 5.43. The number of carbonyl (C=O) groups excluding carboxylic acids is 1. The predicted molar refractivity (Wildman–Crippen MR) is 121 cm³/mol. The van der Waals surface area contributed by atoms with Crippen molar-refractivity contribution in [2.75, 3.05) is 12.8 Å². The van der Waals surface area contributed by atoms with Gasteiger partial charge in [0.15, 0.2) is 11.6 Å². The molecule has 1 aliphatic heterocycles. The molecular weight excluding hydrogens is 444 g/mol. The summed E-state index contributed by atoms with van der Waals surface area (Å²) >= 11 is 0. The highest BCUT2D eigenvalue weighted by Crippen LogP contribution is 2.37. The summed E-state index contributed by atoms with van der Waals surface area (Å²) in [4.78, 5) is 21.7. The van der Waals surface area contributed by atoms with Crippen LogP contribution in [0.4, 0.5) is 14.6 Å². The third-order valence-corrected chi connectivity index (χ3v) is 5.43. The van der Waals surface area contributed by atoms with Crippen molar-refractivity contribution in [1.29, 1.82) is 5.26 Å². The van der Waals surface area contributed by atoms with E-state index in [-0.39, 0.29) is 50.9 Å². The van der Waals surface area contributed by atoms with Crippen molar-refractivity contribution >= 4 is 23.5 Å². The van der Waals surface area contributed by atoms with Crippen LogP contribution < -0.4 is 16.2 Å². The molecule has 9 nitrogen and oxygen atoms in total. The molecule has 172 valence electrons. The second-order valence-corrected chi connectivity index (χ2v) is 7.57. The Morgan fingerprint density at radius 3 is 2.68 bits per heavy atom. The molecule has 0 amide bonds. The quantitative estimate of drug-likeness (QED) is 0.528. The van der Waals surface area contributed by atoms with E-state index in [9.17, 15) is 14.4 Å². The van der Waals surface area contributed by atoms with Gasteiger partial charge in [0.2, 0.25) is 5.78 Å². The topological polar surface area (TPSA) is 145 Å². The van der Waals surface area contributed by atoms with E-state index in [1.54, 1.807) is 6.92 Å². The Morgan fingerprint density at radius 1 is 1.26 bits per heavy atom. The van der Waals surface area contributed by atoms with Gasteiger partial charge >= 0.3 is 0 Å². The summed E-state index contributed by atoms with van der Waals surface area (Å²) in [7, 11) is 2.91. The van der Waals surface area contributed by atoms with Gasteiger partial charge in [-0.15, -0.1) is 0 Å². The van der Waals surface area contributed by atoms with E-state index < -0.39 is 23.5 Å². The number of allylic oxidation sites excluding steroid dienone is 1. The lowest BCUT2D eigenvalue weighted by molar-refractivity contribution is 0.103. The number of nitrogens with zero attached hydrogens (tertiary/aromatic N) is 5. The average Bonchev–Trinajstić information content (AvgIpc) is 3.13. The highest BCUT2D eigenvalue weighted by atomic mass is 19.1. The highest BCUT2D eigenvalue weighted by molar-refractivity contribution is 6.26. The molecule has 0 fully saturated rings. The molecule has 2 aromatic heterocycles. The lowest BCUT2D eigenvalue weighted by atomic mass is 9.93. The van der Waals surface area contributed by atoms with Crippen LogP contribution in [-0.4, -0.2) is 33.8 Å². The Bertz CT molecular complexity index is 1450. The minimum atomic E-state index is -0.992. The van der Waals surface area contributed by atoms with Crippen LogP contribution in [-0.2, 0) is 7.05 Å². The maximum Gasteiger partial charge on any atom is 0.217 e. The normalized spacial score (nSPS) is 17.9. The first-order valence-electron chi connectivity index (χ1n) is 10.0. The summed E-state index contributed by atoms with van der Waals surface area (Å²) in [5, 5.41) is 14.0. The molecule has 1 aliphatic rings. The van der Waals surface area contributed by atoms with E-state index in [0.29, 0.717) is 11.6 Å². The number of aromatic nitrogens is 3. The minimum Gasteiger partial charge on any atom is -0.482 e. The van der Waals surface area contributed by atoms with Crippen LogP contribution >= 0.6 is 0 Å². The maximum atomic E-state index is 15.1. The van der Waals surface area contributed by atoms with Crippen LogP contribution in [0, 0.1) is 23.0 Å². The molecule has 34 heavy (non-hydrogen) atoms. The lowest BCUT2D eigenvalue weighted by Gasteiger charge is -2.22. The summed E-state index contributed by atoms with van der Waals surface area (Å²) in [6.45, 7) is 1.55. The average molecular weight is 463 g/mol. The van der Waals surface area contributed by atoms with Gasteiger partial charge in [0.25, 0.3) is 0 Å². The summed E-state index contributed by atoms with van der Waals surface area (Å²) in [5.41, 5.74) is 12.1. The van der Waals surface area contributed by atoms with E-state index in [0.717, 1.165) is 6.07 Å². The SMILES string of the molecule is CN=C/C1=C(\N)c2c(F)cc(F)cc2[C@@H](C)Oc2cc(cnc2N)-c2c(nn(C)c2C#N)C1=O. The number of nitriles is 1. The predicted octanol–water partition coefficient (Wildman–Crippen LogP) is 2.92. The minimum absolute atomic E-state index is 0.00341. The van der Waals surface area contributed by atoms with E-state index in [2.05, 4.69) is 15.1 Å². The van der Waals surface area contributed by atoms with Crippen LogP contribution in [0.15, 0.2) is 35.0 Å². The van der Waals surface area contributed by atoms with Crippen LogP contribution in [0.25, 0.3) is 16.8 Å². The molecule has 3 heterocycles. The number of pyridine rings is 1. The number of ether oxygens (including phenoxy) is 1. The van der Waals surface area contributed by atoms with Gasteiger partial charge < -0.3 is 16.2 Å². The van der Waals surface area contributed by atoms with Crippen LogP contribution in [0.1, 0.15) is 40.3 Å². The fourth-order valence-electron chi connectivity index (χ4n) is 3.86. The first-order valence-corrected chi connectivity index (χ1v) is 10.0. The largest absolute Gasteiger partial charge is 0.482 e. The molecule has 4 N–H and O–H groups in total. The molecule has 1 aromatic carbocycles. The number of carbonyl (C=O) groups is 1. The maximum absolute atomic E-state index is 15.1. The zero-order valence-corrected chi connectivity index (χ0v) is 18.4. The fourth-order valence-corrected chi connectivity index (χ4v) is 3.86. The number of ketones is 1. The molecule has 11 heteroatoms. The number of aliphatic imine (C=N–C) groups is 1. The summed E-state index contributed by atoms with van der Waals surface area (Å²) in [6, 6.07) is 5.24. The number of rotatable bonds is 1. The molecule has 0 radical (unpaired) electrons. The monoisotopic (exact) mass is 463 g/mol. The number of anilines is 1. The van der Waals surface area contributed by atoms with Gasteiger partial charge in [-0.05, 0) is 19.1 Å². The standard InChI is InChI=1S/C23H19F2N7O2/c1-10-13-5-12(24)6-15(25)19(13)20(27)14(9-29-2)22(33)21-18(16(7-26)32(3)31-21)11-4-17(34-10)23(28)30-8-11/h4-6,8-10H,27H2,1-3H3,(H2,28,30)/b20-14+,29-9?/t10-/m1/s1. The second kappa shape index (κ2) is 8.40. The number of halogens is 2. The van der Waals surface area contributed by atoms with E-state index in [1.807, 2.05) is 6.07 Å². The molecule has 2 bridgehead atoms. The van der Waals surface area contributed by atoms with E-state index in [4.69, 9.17) is 16.2 Å². The molecule has 0 saturated heterocycles. The van der Waals surface area contributed by atoms with Crippen molar-refractivity contribution < 1.29 is 18.3 Å². The van der Waals surface area contributed by atoms with Crippen molar-refractivity contribution in [3.8, 4) is 22.9 Å². The Kier molecular flexibility index (Phi) is 5.58. The highest BCUT2D eigenvalue weighted by Gasteiger charge is 2.30. The second-order valence-electron chi connectivity index (χ2n) is 7.57. The zero-order valence-electron chi connectivity index (χ0n) is 18.4. The number of Topliss-reactive ketones (excluding diaryl/α,β-unsaturated/α-hetero) is 1. The summed E-state index contributed by atoms with van der Waals surface area (Å²) < 4.78 is 36.4. The number of hydrogen-bond acceptors (Lipinski definition) is 8. The van der Waals surface area contributed by atoms with Gasteiger partial charge in [-0.3, -0.25) is 14.5 Å². The van der Waals surface area contributed by atoms with Crippen molar-refractivity contribution in [2.24, 2.45) is 17.8 Å². The zero-order chi connectivity index (χ0) is 24.7. The Hall–Kier alpha value is -4.59. The van der Waals surface area contributed by atoms with Gasteiger partial charge in [0.05, 0.1) is 16.8 Å². The molecule has 4 rings (SSSR count). The van der Waals surface area contributed by atoms with Gasteiger partial charge in [0.1, 0.15) is 35.2 Å². The van der Waals surface area contributed by atoms with Gasteiger partial charge in [-0.2, -0.15) is 10.4 Å². The Labute approximate surface area is 193 Å². The number of hydrogen-bond donors (Lipinski definition) is 2. The number of benzene rings is 1. The summed E-state index contributed by atoms with van der Waals surface area (Å²) in [6.07, 6.45) is 1.59. The number of fused-ring (bicyclic) bond motifs is 5. The molecule has 3 aromatic rings. The van der Waals surface area contributed by atoms with E-state index in [1.165, 1.54) is 37.3 Å². The molecule has 0 spiro atoms. The number of nitrogens with two attached hydrogens (primary N) is 2. The molecule has 1 atom stereocenters. The number of nitrogen functional groups attached to an aromatic ring is 1. The first kappa shape index (κ1) is 22.6. The molecule has 0 unspecified atom stereocenters. The smallest absolute Gasteiger partial charge is 0.217 e. The molecule has 0 aliphatic carbocycles. The van der Waals surface area contributed by atoms with Gasteiger partial charge in [0, 0.05) is 49.3 Å². The van der Waals surface area contributed by atoms with Gasteiger partial charge in [-0.25, -0.2) is 13.8 Å².